The molecule has 0 saturated heterocycles. The Morgan fingerprint density at radius 3 is 2.65 bits per heavy atom. The maximum atomic E-state index is 6.15. The van der Waals surface area contributed by atoms with E-state index in [2.05, 4.69) is 42.4 Å². The van der Waals surface area contributed by atoms with Crippen molar-refractivity contribution in [2.45, 2.75) is 26.3 Å². The van der Waals surface area contributed by atoms with Gasteiger partial charge in [0, 0.05) is 11.6 Å². The summed E-state index contributed by atoms with van der Waals surface area (Å²) >= 11 is 6.03. The molecule has 1 aromatic heterocycles. The molecule has 110 valence electrons. The highest BCUT2D eigenvalue weighted by Gasteiger charge is 2.19. The van der Waals surface area contributed by atoms with Crippen molar-refractivity contribution in [1.82, 2.24) is 14.5 Å². The second-order valence-corrected chi connectivity index (χ2v) is 6.46. The van der Waals surface area contributed by atoms with E-state index < -0.39 is 0 Å². The normalized spacial score (nSPS) is 13.6. The third kappa shape index (κ3) is 3.25. The van der Waals surface area contributed by atoms with Gasteiger partial charge in [-0.2, -0.15) is 0 Å². The Morgan fingerprint density at radius 1 is 1.35 bits per heavy atom. The largest absolute Gasteiger partial charge is 0.369 e. The first-order chi connectivity index (χ1) is 9.38. The van der Waals surface area contributed by atoms with Gasteiger partial charge in [0.1, 0.15) is 0 Å². The average Bonchev–Trinajstić information content (AvgIpc) is 2.61. The van der Waals surface area contributed by atoms with E-state index >= 15 is 0 Å². The van der Waals surface area contributed by atoms with Crippen molar-refractivity contribution in [3.63, 3.8) is 0 Å². The number of rotatable bonds is 5. The molecule has 0 radical (unpaired) electrons. The molecule has 0 spiro atoms. The van der Waals surface area contributed by atoms with Gasteiger partial charge in [0.25, 0.3) is 0 Å². The first-order valence-corrected chi connectivity index (χ1v) is 7.34. The number of fused-ring (bicyclic) bond motifs is 1. The summed E-state index contributed by atoms with van der Waals surface area (Å²) in [6.07, 6.45) is 1.07. The molecule has 0 amide bonds. The number of benzene rings is 1. The van der Waals surface area contributed by atoms with E-state index in [0.29, 0.717) is 22.9 Å². The number of imidazole rings is 1. The summed E-state index contributed by atoms with van der Waals surface area (Å²) in [5.74, 6) is 1.17. The van der Waals surface area contributed by atoms with Crippen LogP contribution in [0.2, 0.25) is 5.02 Å². The molecule has 1 aromatic carbocycles. The van der Waals surface area contributed by atoms with Gasteiger partial charge in [-0.1, -0.05) is 25.4 Å². The topological polar surface area (TPSA) is 47.1 Å². The van der Waals surface area contributed by atoms with Gasteiger partial charge >= 0.3 is 0 Å². The average molecular weight is 295 g/mol. The summed E-state index contributed by atoms with van der Waals surface area (Å²) in [5.41, 5.74) is 8.06. The number of likely N-dealkylation sites (N-methyl/N-ethyl adjacent to an activating group) is 1. The molecule has 20 heavy (non-hydrogen) atoms. The minimum Gasteiger partial charge on any atom is -0.369 e. The number of aromatic nitrogens is 2. The molecule has 0 aliphatic rings. The van der Waals surface area contributed by atoms with Crippen molar-refractivity contribution in [1.29, 1.82) is 0 Å². The van der Waals surface area contributed by atoms with Crippen LogP contribution in [0.3, 0.4) is 0 Å². The molecule has 5 heteroatoms. The Kier molecular flexibility index (Phi) is 4.55. The lowest BCUT2D eigenvalue weighted by Crippen LogP contribution is -2.26. The molecule has 0 aliphatic heterocycles. The SMILES string of the molecule is CC(C)CC(CN(C)C)n1c(N)nc2cc(Cl)ccc21. The molecule has 1 atom stereocenters. The molecule has 2 aromatic rings. The van der Waals surface area contributed by atoms with Crippen LogP contribution in [0.5, 0.6) is 0 Å². The molecule has 0 bridgehead atoms. The first kappa shape index (κ1) is 15.1. The van der Waals surface area contributed by atoms with E-state index in [-0.39, 0.29) is 0 Å². The van der Waals surface area contributed by atoms with Gasteiger partial charge < -0.3 is 15.2 Å². The number of nitrogens with zero attached hydrogens (tertiary/aromatic N) is 3. The second kappa shape index (κ2) is 6.02. The van der Waals surface area contributed by atoms with Crippen LogP contribution in [-0.4, -0.2) is 35.1 Å². The lowest BCUT2D eigenvalue weighted by Gasteiger charge is -2.25. The standard InChI is InChI=1S/C15H23ClN4/c1-10(2)7-12(9-19(3)4)20-14-6-5-11(16)8-13(14)18-15(20)17/h5-6,8,10,12H,7,9H2,1-4H3,(H2,17,18). The van der Waals surface area contributed by atoms with Gasteiger partial charge in [0.15, 0.2) is 0 Å². The minimum atomic E-state index is 0.316. The zero-order chi connectivity index (χ0) is 14.9. The van der Waals surface area contributed by atoms with Gasteiger partial charge in [0.05, 0.1) is 17.1 Å². The highest BCUT2D eigenvalue weighted by atomic mass is 35.5. The van der Waals surface area contributed by atoms with Crippen molar-refractivity contribution < 1.29 is 0 Å². The Bertz CT molecular complexity index is 579. The second-order valence-electron chi connectivity index (χ2n) is 6.02. The van der Waals surface area contributed by atoms with Crippen molar-refractivity contribution in [3.8, 4) is 0 Å². The fourth-order valence-corrected chi connectivity index (χ4v) is 2.87. The van der Waals surface area contributed by atoms with Crippen LogP contribution >= 0.6 is 11.6 Å². The molecule has 2 N–H and O–H groups in total. The lowest BCUT2D eigenvalue weighted by molar-refractivity contribution is 0.294. The number of hydrogen-bond donors (Lipinski definition) is 1. The van der Waals surface area contributed by atoms with Crippen LogP contribution in [0.25, 0.3) is 11.0 Å². The van der Waals surface area contributed by atoms with E-state index in [1.165, 1.54) is 0 Å². The zero-order valence-electron chi connectivity index (χ0n) is 12.6. The van der Waals surface area contributed by atoms with Gasteiger partial charge in [-0.15, -0.1) is 0 Å². The summed E-state index contributed by atoms with van der Waals surface area (Å²) in [7, 11) is 4.17. The van der Waals surface area contributed by atoms with Crippen LogP contribution < -0.4 is 5.73 Å². The Morgan fingerprint density at radius 2 is 2.05 bits per heavy atom. The fourth-order valence-electron chi connectivity index (χ4n) is 2.70. The quantitative estimate of drug-likeness (QED) is 0.919. The summed E-state index contributed by atoms with van der Waals surface area (Å²) < 4.78 is 2.14. The smallest absolute Gasteiger partial charge is 0.201 e. The van der Waals surface area contributed by atoms with Gasteiger partial charge in [-0.25, -0.2) is 4.98 Å². The third-order valence-corrected chi connectivity index (χ3v) is 3.60. The summed E-state index contributed by atoms with van der Waals surface area (Å²) in [6, 6.07) is 6.08. The highest BCUT2D eigenvalue weighted by molar-refractivity contribution is 6.31. The monoisotopic (exact) mass is 294 g/mol. The van der Waals surface area contributed by atoms with E-state index in [1.807, 2.05) is 18.2 Å². The minimum absolute atomic E-state index is 0.316. The van der Waals surface area contributed by atoms with Crippen LogP contribution in [0.15, 0.2) is 18.2 Å². The van der Waals surface area contributed by atoms with Crippen LogP contribution in [-0.2, 0) is 0 Å². The summed E-state index contributed by atoms with van der Waals surface area (Å²) in [6.45, 7) is 5.40. The van der Waals surface area contributed by atoms with E-state index in [4.69, 9.17) is 17.3 Å². The third-order valence-electron chi connectivity index (χ3n) is 3.36. The molecule has 0 fully saturated rings. The van der Waals surface area contributed by atoms with E-state index in [1.54, 1.807) is 0 Å². The summed E-state index contributed by atoms with van der Waals surface area (Å²) in [5, 5.41) is 0.690. The van der Waals surface area contributed by atoms with Crippen molar-refractivity contribution >= 4 is 28.6 Å². The first-order valence-electron chi connectivity index (χ1n) is 6.96. The molecule has 0 aliphatic carbocycles. The number of nitrogen functional groups attached to an aromatic ring is 1. The maximum absolute atomic E-state index is 6.15. The molecule has 2 rings (SSSR count). The van der Waals surface area contributed by atoms with Crippen LogP contribution in [0.1, 0.15) is 26.3 Å². The Balaban J connectivity index is 2.48. The predicted molar refractivity (Wildman–Crippen MR) is 86.2 cm³/mol. The molecule has 0 saturated carbocycles. The number of halogens is 1. The van der Waals surface area contributed by atoms with Crippen LogP contribution in [0, 0.1) is 5.92 Å². The van der Waals surface area contributed by atoms with Crippen molar-refractivity contribution in [3.05, 3.63) is 23.2 Å². The lowest BCUT2D eigenvalue weighted by atomic mass is 10.0. The van der Waals surface area contributed by atoms with E-state index in [0.717, 1.165) is 24.0 Å². The van der Waals surface area contributed by atoms with E-state index in [9.17, 15) is 0 Å². The molecular weight excluding hydrogens is 272 g/mol. The fraction of sp³-hybridized carbons (Fsp3) is 0.533. The molecule has 1 unspecified atom stereocenters. The molecular formula is C15H23ClN4. The van der Waals surface area contributed by atoms with Gasteiger partial charge in [0.2, 0.25) is 5.95 Å². The Labute approximate surface area is 125 Å². The Hall–Kier alpha value is -1.26. The maximum Gasteiger partial charge on any atom is 0.201 e. The predicted octanol–water partition coefficient (Wildman–Crippen LogP) is 3.42. The number of nitrogens with two attached hydrogens (primary N) is 1. The van der Waals surface area contributed by atoms with Crippen molar-refractivity contribution in [2.75, 3.05) is 26.4 Å². The molecule has 1 heterocycles. The molecule has 4 nitrogen and oxygen atoms in total. The number of hydrogen-bond acceptors (Lipinski definition) is 3. The van der Waals surface area contributed by atoms with Crippen LogP contribution in [0.4, 0.5) is 5.95 Å². The van der Waals surface area contributed by atoms with Crippen molar-refractivity contribution in [2.24, 2.45) is 5.92 Å². The zero-order valence-corrected chi connectivity index (χ0v) is 13.4. The van der Waals surface area contributed by atoms with Gasteiger partial charge in [-0.3, -0.25) is 0 Å². The summed E-state index contributed by atoms with van der Waals surface area (Å²) in [4.78, 5) is 6.64. The number of anilines is 1. The highest BCUT2D eigenvalue weighted by Crippen LogP contribution is 2.29. The van der Waals surface area contributed by atoms with Gasteiger partial charge in [-0.05, 0) is 44.6 Å².